The van der Waals surface area contributed by atoms with Gasteiger partial charge in [0, 0.05) is 16.8 Å². The Kier molecular flexibility index (Phi) is 4.85. The fourth-order valence-corrected chi connectivity index (χ4v) is 3.14. The van der Waals surface area contributed by atoms with Crippen LogP contribution in [0.4, 0.5) is 5.69 Å². The van der Waals surface area contributed by atoms with Crippen LogP contribution in [0.5, 0.6) is 0 Å². The van der Waals surface area contributed by atoms with Crippen molar-refractivity contribution in [3.8, 4) is 10.6 Å². The summed E-state index contributed by atoms with van der Waals surface area (Å²) in [5, 5.41) is 9.60. The van der Waals surface area contributed by atoms with E-state index >= 15 is 0 Å². The lowest BCUT2D eigenvalue weighted by Crippen LogP contribution is -2.09. The third-order valence-corrected chi connectivity index (χ3v) is 4.55. The number of carbonyl (C=O) groups is 2. The molecule has 0 spiro atoms. The van der Waals surface area contributed by atoms with E-state index in [0.717, 1.165) is 10.6 Å². The Balaban J connectivity index is 1.76. The third-order valence-electron chi connectivity index (χ3n) is 3.58. The number of benzene rings is 2. The maximum Gasteiger partial charge on any atom is 0.339 e. The molecule has 0 aliphatic carbocycles. The zero-order valence-corrected chi connectivity index (χ0v) is 14.2. The number of nitrogen functional groups attached to an aromatic ring is 1. The van der Waals surface area contributed by atoms with Crippen LogP contribution in [0.3, 0.4) is 0 Å². The highest BCUT2D eigenvalue weighted by Gasteiger charge is 2.16. The molecule has 0 aliphatic heterocycles. The van der Waals surface area contributed by atoms with Crippen LogP contribution in [-0.2, 0) is 11.2 Å². The van der Waals surface area contributed by atoms with Crippen molar-refractivity contribution in [2.24, 2.45) is 0 Å². The number of Topliss-reactive ketones (excluding diaryl/α,β-unsaturated/α-hetero) is 1. The van der Waals surface area contributed by atoms with Gasteiger partial charge in [-0.3, -0.25) is 4.79 Å². The quantitative estimate of drug-likeness (QED) is 0.430. The molecule has 25 heavy (non-hydrogen) atoms. The van der Waals surface area contributed by atoms with Crippen molar-refractivity contribution in [2.45, 2.75) is 6.42 Å². The normalized spacial score (nSPS) is 10.4. The lowest BCUT2D eigenvalue weighted by molar-refractivity contribution is 0.0601. The van der Waals surface area contributed by atoms with Crippen LogP contribution in [-0.4, -0.2) is 29.1 Å². The van der Waals surface area contributed by atoms with E-state index in [9.17, 15) is 9.59 Å². The zero-order valence-electron chi connectivity index (χ0n) is 13.4. The minimum Gasteiger partial charge on any atom is -0.465 e. The van der Waals surface area contributed by atoms with E-state index < -0.39 is 5.97 Å². The monoisotopic (exact) mass is 353 g/mol. The number of hydrogen-bond donors (Lipinski definition) is 1. The lowest BCUT2D eigenvalue weighted by atomic mass is 10.0. The van der Waals surface area contributed by atoms with Crippen molar-refractivity contribution < 1.29 is 14.3 Å². The highest BCUT2D eigenvalue weighted by atomic mass is 32.1. The average Bonchev–Trinajstić information content (AvgIpc) is 3.10. The van der Waals surface area contributed by atoms with Crippen LogP contribution in [0.15, 0.2) is 48.5 Å². The fourth-order valence-electron chi connectivity index (χ4n) is 2.29. The molecule has 7 heteroatoms. The number of nitrogens with zero attached hydrogens (tertiary/aromatic N) is 2. The van der Waals surface area contributed by atoms with Crippen molar-refractivity contribution in [1.29, 1.82) is 0 Å². The number of esters is 1. The van der Waals surface area contributed by atoms with Crippen LogP contribution < -0.4 is 5.73 Å². The van der Waals surface area contributed by atoms with Gasteiger partial charge in [0.25, 0.3) is 0 Å². The molecule has 0 radical (unpaired) electrons. The van der Waals surface area contributed by atoms with Gasteiger partial charge in [0.2, 0.25) is 0 Å². The van der Waals surface area contributed by atoms with E-state index in [0.29, 0.717) is 10.6 Å². The van der Waals surface area contributed by atoms with E-state index in [-0.39, 0.29) is 23.5 Å². The van der Waals surface area contributed by atoms with Gasteiger partial charge in [-0.2, -0.15) is 0 Å². The Morgan fingerprint density at radius 3 is 2.56 bits per heavy atom. The Morgan fingerprint density at radius 2 is 1.88 bits per heavy atom. The first-order valence-corrected chi connectivity index (χ1v) is 8.29. The number of methoxy groups -OCH3 is 1. The molecule has 3 rings (SSSR count). The highest BCUT2D eigenvalue weighted by molar-refractivity contribution is 7.14. The molecule has 1 aromatic heterocycles. The van der Waals surface area contributed by atoms with E-state index in [1.165, 1.54) is 30.6 Å². The molecule has 0 aliphatic rings. The molecule has 2 N–H and O–H groups in total. The second kappa shape index (κ2) is 7.23. The van der Waals surface area contributed by atoms with Crippen molar-refractivity contribution in [3.63, 3.8) is 0 Å². The van der Waals surface area contributed by atoms with E-state index in [2.05, 4.69) is 14.9 Å². The molecule has 1 heterocycles. The van der Waals surface area contributed by atoms with Crippen LogP contribution >= 0.6 is 11.3 Å². The molecule has 0 fully saturated rings. The summed E-state index contributed by atoms with van der Waals surface area (Å²) < 4.78 is 4.64. The Bertz CT molecular complexity index is 922. The largest absolute Gasteiger partial charge is 0.465 e. The summed E-state index contributed by atoms with van der Waals surface area (Å²) in [5.41, 5.74) is 7.66. The second-order valence-corrected chi connectivity index (χ2v) is 6.32. The van der Waals surface area contributed by atoms with Crippen molar-refractivity contribution >= 4 is 28.8 Å². The smallest absolute Gasteiger partial charge is 0.339 e. The van der Waals surface area contributed by atoms with E-state index in [1.54, 1.807) is 6.07 Å². The molecule has 0 saturated carbocycles. The molecule has 0 saturated heterocycles. The summed E-state index contributed by atoms with van der Waals surface area (Å²) in [7, 11) is 1.28. The van der Waals surface area contributed by atoms with Gasteiger partial charge in [0.1, 0.15) is 10.0 Å². The molecule has 0 atom stereocenters. The molecular weight excluding hydrogens is 338 g/mol. The number of carbonyl (C=O) groups excluding carboxylic acids is 2. The Morgan fingerprint density at radius 1 is 1.12 bits per heavy atom. The van der Waals surface area contributed by atoms with Gasteiger partial charge in [0.05, 0.1) is 19.1 Å². The van der Waals surface area contributed by atoms with Gasteiger partial charge in [-0.25, -0.2) is 4.79 Å². The minimum absolute atomic E-state index is 0.126. The van der Waals surface area contributed by atoms with Crippen molar-refractivity contribution in [2.75, 3.05) is 12.8 Å². The Hall–Kier alpha value is -3.06. The predicted molar refractivity (Wildman–Crippen MR) is 95.6 cm³/mol. The predicted octanol–water partition coefficient (Wildman–Crippen LogP) is 3.00. The van der Waals surface area contributed by atoms with Gasteiger partial charge in [-0.15, -0.1) is 10.2 Å². The number of ether oxygens (including phenoxy) is 1. The number of hydrogen-bond acceptors (Lipinski definition) is 7. The summed E-state index contributed by atoms with van der Waals surface area (Å²) in [4.78, 5) is 24.0. The van der Waals surface area contributed by atoms with Crippen LogP contribution in [0.2, 0.25) is 0 Å². The summed E-state index contributed by atoms with van der Waals surface area (Å²) >= 11 is 1.38. The number of anilines is 1. The van der Waals surface area contributed by atoms with E-state index in [4.69, 9.17) is 5.73 Å². The maximum atomic E-state index is 12.4. The topological polar surface area (TPSA) is 95.2 Å². The zero-order chi connectivity index (χ0) is 17.8. The number of rotatable bonds is 5. The van der Waals surface area contributed by atoms with Gasteiger partial charge < -0.3 is 10.5 Å². The van der Waals surface area contributed by atoms with E-state index in [1.807, 2.05) is 30.3 Å². The first-order valence-electron chi connectivity index (χ1n) is 7.47. The van der Waals surface area contributed by atoms with Gasteiger partial charge in [-0.1, -0.05) is 47.7 Å². The number of aromatic nitrogens is 2. The first kappa shape index (κ1) is 16.8. The van der Waals surface area contributed by atoms with Gasteiger partial charge >= 0.3 is 5.97 Å². The van der Waals surface area contributed by atoms with Crippen molar-refractivity contribution in [1.82, 2.24) is 10.2 Å². The molecule has 126 valence electrons. The standard InChI is InChI=1S/C18H15N3O3S/c1-24-18(23)13-8-7-12(9-14(13)19)15(22)10-16-20-21-17(25-16)11-5-3-2-4-6-11/h2-9H,10,19H2,1H3. The summed E-state index contributed by atoms with van der Waals surface area (Å²) in [6, 6.07) is 14.2. The number of ketones is 1. The summed E-state index contributed by atoms with van der Waals surface area (Å²) in [5.74, 6) is -0.674. The first-order chi connectivity index (χ1) is 12.1. The molecule has 0 unspecified atom stereocenters. The molecule has 2 aromatic carbocycles. The SMILES string of the molecule is COC(=O)c1ccc(C(=O)Cc2nnc(-c3ccccc3)s2)cc1N. The summed E-state index contributed by atoms with van der Waals surface area (Å²) in [6.45, 7) is 0. The summed E-state index contributed by atoms with van der Waals surface area (Å²) in [6.07, 6.45) is 0.126. The minimum atomic E-state index is -0.534. The Labute approximate surface area is 148 Å². The third kappa shape index (κ3) is 3.72. The van der Waals surface area contributed by atoms with Crippen LogP contribution in [0, 0.1) is 0 Å². The molecule has 6 nitrogen and oxygen atoms in total. The van der Waals surface area contributed by atoms with Gasteiger partial charge in [0.15, 0.2) is 5.78 Å². The molecule has 0 amide bonds. The fraction of sp³-hybridized carbons (Fsp3) is 0.111. The van der Waals surface area contributed by atoms with Crippen LogP contribution in [0.1, 0.15) is 25.7 Å². The highest BCUT2D eigenvalue weighted by Crippen LogP contribution is 2.24. The molecule has 0 bridgehead atoms. The molecule has 3 aromatic rings. The average molecular weight is 353 g/mol. The van der Waals surface area contributed by atoms with Crippen molar-refractivity contribution in [3.05, 3.63) is 64.7 Å². The molecular formula is C18H15N3O3S. The lowest BCUT2D eigenvalue weighted by Gasteiger charge is -2.05. The van der Waals surface area contributed by atoms with Crippen LogP contribution in [0.25, 0.3) is 10.6 Å². The maximum absolute atomic E-state index is 12.4. The second-order valence-electron chi connectivity index (χ2n) is 5.26. The number of nitrogens with two attached hydrogens (primary N) is 1. The van der Waals surface area contributed by atoms with Gasteiger partial charge in [-0.05, 0) is 12.1 Å².